The molecule has 3 nitrogen and oxygen atoms in total. The van der Waals surface area contributed by atoms with E-state index in [9.17, 15) is 9.18 Å². The van der Waals surface area contributed by atoms with E-state index in [2.05, 4.69) is 5.10 Å². The fourth-order valence-corrected chi connectivity index (χ4v) is 1.61. The molecule has 0 saturated heterocycles. The van der Waals surface area contributed by atoms with Gasteiger partial charge in [0.2, 0.25) is 0 Å². The predicted molar refractivity (Wildman–Crippen MR) is 62.4 cm³/mol. The van der Waals surface area contributed by atoms with Crippen LogP contribution in [0.25, 0.3) is 0 Å². The number of benzene rings is 1. The number of hydrogen-bond acceptors (Lipinski definition) is 2. The Morgan fingerprint density at radius 1 is 1.35 bits per heavy atom. The van der Waals surface area contributed by atoms with Crippen molar-refractivity contribution in [3.05, 3.63) is 53.6 Å². The van der Waals surface area contributed by atoms with Crippen molar-refractivity contribution < 1.29 is 9.18 Å². The minimum Gasteiger partial charge on any atom is -0.292 e. The highest BCUT2D eigenvalue weighted by Gasteiger charge is 2.17. The van der Waals surface area contributed by atoms with E-state index < -0.39 is 11.9 Å². The van der Waals surface area contributed by atoms with E-state index in [-0.39, 0.29) is 5.78 Å². The van der Waals surface area contributed by atoms with Crippen molar-refractivity contribution >= 4 is 5.78 Å². The highest BCUT2D eigenvalue weighted by Crippen LogP contribution is 2.14. The van der Waals surface area contributed by atoms with Crippen LogP contribution >= 0.6 is 0 Å². The number of Topliss-reactive ketones (excluding diaryl/α,β-unsaturated/α-hetero) is 1. The fourth-order valence-electron chi connectivity index (χ4n) is 1.61. The zero-order chi connectivity index (χ0) is 12.4. The standard InChI is InChI=1S/C13H13FN2O/c1-9-3-5-11(6-4-9)13(17)10(2)16-8-12(14)7-15-16/h3-8,10H,1-2H3. The Balaban J connectivity index is 2.23. The maximum atomic E-state index is 12.8. The SMILES string of the molecule is Cc1ccc(C(=O)C(C)n2cc(F)cn2)cc1. The third-order valence-corrected chi connectivity index (χ3v) is 2.68. The lowest BCUT2D eigenvalue weighted by molar-refractivity contribution is 0.0928. The molecule has 0 radical (unpaired) electrons. The number of carbonyl (C=O) groups excluding carboxylic acids is 1. The number of aromatic nitrogens is 2. The van der Waals surface area contributed by atoms with Gasteiger partial charge in [0.15, 0.2) is 11.6 Å². The first-order valence-corrected chi connectivity index (χ1v) is 5.38. The molecule has 1 atom stereocenters. The molecule has 1 heterocycles. The van der Waals surface area contributed by atoms with Gasteiger partial charge in [-0.05, 0) is 13.8 Å². The summed E-state index contributed by atoms with van der Waals surface area (Å²) in [5.74, 6) is -0.512. The molecular formula is C13H13FN2O. The van der Waals surface area contributed by atoms with Gasteiger partial charge in [-0.25, -0.2) is 4.39 Å². The monoisotopic (exact) mass is 232 g/mol. The summed E-state index contributed by atoms with van der Waals surface area (Å²) in [5.41, 5.74) is 1.71. The lowest BCUT2D eigenvalue weighted by Gasteiger charge is -2.10. The summed E-state index contributed by atoms with van der Waals surface area (Å²) in [6.07, 6.45) is 2.32. The van der Waals surface area contributed by atoms with Crippen molar-refractivity contribution in [2.75, 3.05) is 0 Å². The molecule has 1 unspecified atom stereocenters. The quantitative estimate of drug-likeness (QED) is 0.763. The molecular weight excluding hydrogens is 219 g/mol. The summed E-state index contributed by atoms with van der Waals surface area (Å²) in [7, 11) is 0. The van der Waals surface area contributed by atoms with Gasteiger partial charge in [-0.15, -0.1) is 0 Å². The zero-order valence-electron chi connectivity index (χ0n) is 9.72. The molecule has 2 aromatic rings. The van der Waals surface area contributed by atoms with Crippen LogP contribution in [0.2, 0.25) is 0 Å². The molecule has 88 valence electrons. The van der Waals surface area contributed by atoms with Crippen molar-refractivity contribution in [3.8, 4) is 0 Å². The number of rotatable bonds is 3. The van der Waals surface area contributed by atoms with Gasteiger partial charge < -0.3 is 0 Å². The summed E-state index contributed by atoms with van der Waals surface area (Å²) in [5, 5.41) is 3.80. The Morgan fingerprint density at radius 2 is 2.00 bits per heavy atom. The Morgan fingerprint density at radius 3 is 2.53 bits per heavy atom. The van der Waals surface area contributed by atoms with Crippen molar-refractivity contribution in [1.29, 1.82) is 0 Å². The number of aryl methyl sites for hydroxylation is 1. The molecule has 0 bridgehead atoms. The second kappa shape index (κ2) is 4.49. The highest BCUT2D eigenvalue weighted by molar-refractivity contribution is 5.98. The zero-order valence-corrected chi connectivity index (χ0v) is 9.72. The first kappa shape index (κ1) is 11.5. The molecule has 2 rings (SSSR count). The van der Waals surface area contributed by atoms with Gasteiger partial charge in [0.25, 0.3) is 0 Å². The summed E-state index contributed by atoms with van der Waals surface area (Å²) in [6.45, 7) is 3.66. The van der Waals surface area contributed by atoms with Gasteiger partial charge in [0, 0.05) is 5.56 Å². The minimum absolute atomic E-state index is 0.0758. The number of halogens is 1. The van der Waals surface area contributed by atoms with E-state index in [0.717, 1.165) is 11.8 Å². The van der Waals surface area contributed by atoms with E-state index in [1.807, 2.05) is 19.1 Å². The average Bonchev–Trinajstić information content (AvgIpc) is 2.75. The van der Waals surface area contributed by atoms with Crippen LogP contribution in [0.3, 0.4) is 0 Å². The van der Waals surface area contributed by atoms with Crippen molar-refractivity contribution in [1.82, 2.24) is 9.78 Å². The Hall–Kier alpha value is -1.97. The van der Waals surface area contributed by atoms with E-state index in [4.69, 9.17) is 0 Å². The van der Waals surface area contributed by atoms with Gasteiger partial charge in [0.05, 0.1) is 12.4 Å². The van der Waals surface area contributed by atoms with Crippen LogP contribution in [0.1, 0.15) is 28.9 Å². The molecule has 0 amide bonds. The smallest absolute Gasteiger partial charge is 0.187 e. The summed E-state index contributed by atoms with van der Waals surface area (Å²) < 4.78 is 14.1. The molecule has 1 aromatic heterocycles. The maximum absolute atomic E-state index is 12.8. The fraction of sp³-hybridized carbons (Fsp3) is 0.231. The molecule has 0 aliphatic rings. The molecule has 0 aliphatic carbocycles. The maximum Gasteiger partial charge on any atom is 0.187 e. The van der Waals surface area contributed by atoms with Gasteiger partial charge in [-0.2, -0.15) is 5.10 Å². The van der Waals surface area contributed by atoms with Crippen LogP contribution in [0.4, 0.5) is 4.39 Å². The predicted octanol–water partition coefficient (Wildman–Crippen LogP) is 2.77. The third-order valence-electron chi connectivity index (χ3n) is 2.68. The molecule has 0 aliphatic heterocycles. The van der Waals surface area contributed by atoms with Crippen LogP contribution in [0.15, 0.2) is 36.7 Å². The second-order valence-corrected chi connectivity index (χ2v) is 4.04. The van der Waals surface area contributed by atoms with E-state index in [1.165, 1.54) is 10.9 Å². The van der Waals surface area contributed by atoms with Gasteiger partial charge in [-0.1, -0.05) is 29.8 Å². The number of ketones is 1. The van der Waals surface area contributed by atoms with Crippen LogP contribution in [0.5, 0.6) is 0 Å². The summed E-state index contributed by atoms with van der Waals surface area (Å²) in [6, 6.07) is 6.80. The normalized spacial score (nSPS) is 12.4. The molecule has 4 heteroatoms. The third kappa shape index (κ3) is 2.41. The van der Waals surface area contributed by atoms with Crippen molar-refractivity contribution in [2.45, 2.75) is 19.9 Å². The highest BCUT2D eigenvalue weighted by atomic mass is 19.1. The number of nitrogens with zero attached hydrogens (tertiary/aromatic N) is 2. The van der Waals surface area contributed by atoms with E-state index in [1.54, 1.807) is 19.1 Å². The molecule has 0 N–H and O–H groups in total. The average molecular weight is 232 g/mol. The lowest BCUT2D eigenvalue weighted by Crippen LogP contribution is -2.17. The van der Waals surface area contributed by atoms with Crippen LogP contribution in [-0.4, -0.2) is 15.6 Å². The Bertz CT molecular complexity index is 531. The van der Waals surface area contributed by atoms with Gasteiger partial charge in [0.1, 0.15) is 6.04 Å². The van der Waals surface area contributed by atoms with E-state index >= 15 is 0 Å². The van der Waals surface area contributed by atoms with E-state index in [0.29, 0.717) is 5.56 Å². The number of carbonyl (C=O) groups is 1. The van der Waals surface area contributed by atoms with Crippen LogP contribution < -0.4 is 0 Å². The Labute approximate surface area is 98.9 Å². The number of hydrogen-bond donors (Lipinski definition) is 0. The van der Waals surface area contributed by atoms with Crippen LogP contribution in [-0.2, 0) is 0 Å². The van der Waals surface area contributed by atoms with Crippen molar-refractivity contribution in [2.24, 2.45) is 0 Å². The molecule has 0 spiro atoms. The molecule has 1 aromatic carbocycles. The minimum atomic E-state index is -0.498. The summed E-state index contributed by atoms with van der Waals surface area (Å²) in [4.78, 5) is 12.1. The first-order valence-electron chi connectivity index (χ1n) is 5.38. The first-order chi connectivity index (χ1) is 8.08. The molecule has 0 saturated carbocycles. The van der Waals surface area contributed by atoms with Gasteiger partial charge >= 0.3 is 0 Å². The molecule has 17 heavy (non-hydrogen) atoms. The summed E-state index contributed by atoms with van der Waals surface area (Å²) >= 11 is 0. The second-order valence-electron chi connectivity index (χ2n) is 4.04. The molecule has 0 fully saturated rings. The largest absolute Gasteiger partial charge is 0.292 e. The van der Waals surface area contributed by atoms with Crippen molar-refractivity contribution in [3.63, 3.8) is 0 Å². The Kier molecular flexibility index (Phi) is 3.04. The van der Waals surface area contributed by atoms with Crippen LogP contribution in [0, 0.1) is 12.7 Å². The lowest BCUT2D eigenvalue weighted by atomic mass is 10.0. The van der Waals surface area contributed by atoms with Gasteiger partial charge in [-0.3, -0.25) is 9.48 Å². The topological polar surface area (TPSA) is 34.9 Å².